The van der Waals surface area contributed by atoms with E-state index in [9.17, 15) is 4.79 Å². The van der Waals surface area contributed by atoms with E-state index in [-0.39, 0.29) is 5.91 Å². The Morgan fingerprint density at radius 1 is 1.21 bits per heavy atom. The summed E-state index contributed by atoms with van der Waals surface area (Å²) >= 11 is 0. The lowest BCUT2D eigenvalue weighted by molar-refractivity contribution is 0.0712. The van der Waals surface area contributed by atoms with E-state index in [2.05, 4.69) is 17.6 Å². The molecular formula is C29H30N4O. The average Bonchev–Trinajstić information content (AvgIpc) is 3.26. The predicted octanol–water partition coefficient (Wildman–Crippen LogP) is 4.43. The molecule has 1 aromatic heterocycles. The first-order valence-corrected chi connectivity index (χ1v) is 11.7. The zero-order valence-corrected chi connectivity index (χ0v) is 20.1. The molecule has 1 saturated heterocycles. The predicted molar refractivity (Wildman–Crippen MR) is 136 cm³/mol. The van der Waals surface area contributed by atoms with Gasteiger partial charge in [-0.2, -0.15) is 5.26 Å². The summed E-state index contributed by atoms with van der Waals surface area (Å²) in [7, 11) is 0. The molecule has 2 heterocycles. The average molecular weight is 451 g/mol. The number of aromatic nitrogens is 2. The third kappa shape index (κ3) is 4.87. The van der Waals surface area contributed by atoms with Gasteiger partial charge < -0.3 is 9.88 Å². The van der Waals surface area contributed by atoms with Gasteiger partial charge in [0, 0.05) is 24.2 Å². The summed E-state index contributed by atoms with van der Waals surface area (Å²) in [6.07, 6.45) is 5.78. The number of benzene rings is 2. The van der Waals surface area contributed by atoms with Gasteiger partial charge in [0.1, 0.15) is 5.82 Å². The van der Waals surface area contributed by atoms with Crippen molar-refractivity contribution in [3.63, 3.8) is 0 Å². The van der Waals surface area contributed by atoms with Crippen LogP contribution in [0.25, 0.3) is 23.5 Å². The van der Waals surface area contributed by atoms with Crippen LogP contribution >= 0.6 is 0 Å². The van der Waals surface area contributed by atoms with Gasteiger partial charge in [0.25, 0.3) is 5.91 Å². The first-order valence-electron chi connectivity index (χ1n) is 11.7. The van der Waals surface area contributed by atoms with Crippen LogP contribution in [0.1, 0.15) is 59.7 Å². The zero-order chi connectivity index (χ0) is 24.2. The highest BCUT2D eigenvalue weighted by Gasteiger charge is 2.25. The minimum Gasteiger partial charge on any atom is -0.339 e. The Hall–Kier alpha value is -3.91. The molecule has 5 nitrogen and oxygen atoms in total. The van der Waals surface area contributed by atoms with Gasteiger partial charge in [-0.05, 0) is 74.9 Å². The number of hydrogen-bond donors (Lipinski definition) is 1. The molecule has 0 aliphatic carbocycles. The van der Waals surface area contributed by atoms with Gasteiger partial charge in [-0.1, -0.05) is 42.5 Å². The first kappa shape index (κ1) is 23.3. The number of carbonyl (C=O) groups is 1. The second-order valence-corrected chi connectivity index (χ2v) is 8.99. The van der Waals surface area contributed by atoms with Crippen molar-refractivity contribution in [3.8, 4) is 17.5 Å². The fourth-order valence-electron chi connectivity index (χ4n) is 4.53. The maximum Gasteiger partial charge on any atom is 0.254 e. The van der Waals surface area contributed by atoms with Gasteiger partial charge in [0.2, 0.25) is 0 Å². The van der Waals surface area contributed by atoms with Crippen LogP contribution in [0, 0.1) is 18.3 Å². The number of allylic oxidation sites excluding steroid dienone is 1. The van der Waals surface area contributed by atoms with Crippen molar-refractivity contribution >= 4 is 18.1 Å². The quantitative estimate of drug-likeness (QED) is 0.639. The number of H-pyrrole nitrogens is 1. The van der Waals surface area contributed by atoms with Crippen molar-refractivity contribution < 1.29 is 4.79 Å². The molecule has 4 rings (SSSR count). The van der Waals surface area contributed by atoms with E-state index in [0.29, 0.717) is 11.5 Å². The lowest BCUT2D eigenvalue weighted by atomic mass is 9.88. The lowest BCUT2D eigenvalue weighted by Gasteiger charge is -2.32. The van der Waals surface area contributed by atoms with Crippen molar-refractivity contribution in [2.24, 2.45) is 0 Å². The molecule has 1 amide bonds. The summed E-state index contributed by atoms with van der Waals surface area (Å²) in [5.41, 5.74) is 5.45. The maximum atomic E-state index is 13.4. The number of imidazole rings is 1. The van der Waals surface area contributed by atoms with E-state index in [4.69, 9.17) is 10.2 Å². The van der Waals surface area contributed by atoms with Crippen molar-refractivity contribution in [2.45, 2.75) is 39.5 Å². The van der Waals surface area contributed by atoms with Crippen molar-refractivity contribution in [1.82, 2.24) is 14.9 Å². The second-order valence-electron chi connectivity index (χ2n) is 8.99. The minimum absolute atomic E-state index is 0.0696. The fourth-order valence-corrected chi connectivity index (χ4v) is 4.53. The number of aromatic amines is 1. The Labute approximate surface area is 200 Å². The van der Waals surface area contributed by atoms with Gasteiger partial charge in [0.15, 0.2) is 0 Å². The molecule has 34 heavy (non-hydrogen) atoms. The standard InChI is InChI=1S/C29H30N4O/c1-5-26-27(16-19(2)3)32-28(31-26)24-9-6-20(4)25(17-24)29(34)33-14-12-23(13-15-33)22-10-7-21(18-30)8-11-22/h5-11,16-17,23H,2,12-15H2,1,3-4H3,(H,31,32)/b26-5+,27-16+. The van der Waals surface area contributed by atoms with Gasteiger partial charge in [-0.25, -0.2) is 4.98 Å². The second kappa shape index (κ2) is 9.93. The first-order chi connectivity index (χ1) is 16.4. The summed E-state index contributed by atoms with van der Waals surface area (Å²) in [6, 6.07) is 15.9. The van der Waals surface area contributed by atoms with Crippen LogP contribution < -0.4 is 10.7 Å². The molecule has 0 atom stereocenters. The number of nitrogens with zero attached hydrogens (tertiary/aromatic N) is 3. The zero-order valence-electron chi connectivity index (χ0n) is 20.1. The van der Waals surface area contributed by atoms with Gasteiger partial charge in [-0.3, -0.25) is 4.79 Å². The Bertz CT molecular complexity index is 1380. The highest BCUT2D eigenvalue weighted by atomic mass is 16.2. The molecule has 1 aliphatic rings. The number of aryl methyl sites for hydroxylation is 1. The number of likely N-dealkylation sites (tertiary alicyclic amines) is 1. The van der Waals surface area contributed by atoms with Gasteiger partial charge >= 0.3 is 0 Å². The van der Waals surface area contributed by atoms with Crippen LogP contribution in [0.2, 0.25) is 0 Å². The van der Waals surface area contributed by atoms with Crippen LogP contribution in [0.3, 0.4) is 0 Å². The summed E-state index contributed by atoms with van der Waals surface area (Å²) in [5.74, 6) is 1.23. The smallest absolute Gasteiger partial charge is 0.254 e. The van der Waals surface area contributed by atoms with Crippen molar-refractivity contribution in [3.05, 3.63) is 87.6 Å². The molecule has 0 bridgehead atoms. The summed E-state index contributed by atoms with van der Waals surface area (Å²) in [6.45, 7) is 11.3. The molecule has 0 spiro atoms. The van der Waals surface area contributed by atoms with Crippen LogP contribution in [-0.2, 0) is 0 Å². The summed E-state index contributed by atoms with van der Waals surface area (Å²) in [5, 5.41) is 10.8. The number of nitrogens with one attached hydrogen (secondary N) is 1. The molecule has 5 heteroatoms. The van der Waals surface area contributed by atoms with E-state index < -0.39 is 0 Å². The third-order valence-electron chi connectivity index (χ3n) is 6.46. The Kier molecular flexibility index (Phi) is 6.79. The van der Waals surface area contributed by atoms with E-state index in [1.807, 2.05) is 80.3 Å². The van der Waals surface area contributed by atoms with E-state index in [1.165, 1.54) is 5.56 Å². The molecule has 0 unspecified atom stereocenters. The van der Waals surface area contributed by atoms with Crippen LogP contribution in [0.15, 0.2) is 54.6 Å². The monoisotopic (exact) mass is 450 g/mol. The maximum absolute atomic E-state index is 13.4. The minimum atomic E-state index is 0.0696. The normalized spacial score (nSPS) is 15.4. The number of hydrogen-bond acceptors (Lipinski definition) is 3. The van der Waals surface area contributed by atoms with Crippen LogP contribution in [0.5, 0.6) is 0 Å². The molecule has 1 fully saturated rings. The van der Waals surface area contributed by atoms with Gasteiger partial charge in [0.05, 0.1) is 22.3 Å². The highest BCUT2D eigenvalue weighted by molar-refractivity contribution is 5.96. The Morgan fingerprint density at radius 2 is 1.91 bits per heavy atom. The fraction of sp³-hybridized carbons (Fsp3) is 0.276. The number of rotatable bonds is 4. The molecule has 0 saturated carbocycles. The molecule has 172 valence electrons. The molecule has 1 N–H and O–H groups in total. The largest absolute Gasteiger partial charge is 0.339 e. The van der Waals surface area contributed by atoms with Crippen LogP contribution in [-0.4, -0.2) is 33.9 Å². The molecule has 3 aromatic rings. The Morgan fingerprint density at radius 3 is 2.53 bits per heavy atom. The van der Waals surface area contributed by atoms with E-state index >= 15 is 0 Å². The number of amides is 1. The Balaban J connectivity index is 1.54. The molecular weight excluding hydrogens is 420 g/mol. The van der Waals surface area contributed by atoms with Crippen molar-refractivity contribution in [2.75, 3.05) is 13.1 Å². The highest BCUT2D eigenvalue weighted by Crippen LogP contribution is 2.29. The van der Waals surface area contributed by atoms with Crippen LogP contribution in [0.4, 0.5) is 0 Å². The molecule has 0 radical (unpaired) electrons. The third-order valence-corrected chi connectivity index (χ3v) is 6.46. The molecule has 2 aromatic carbocycles. The number of nitriles is 1. The summed E-state index contributed by atoms with van der Waals surface area (Å²) < 4.78 is 0. The topological polar surface area (TPSA) is 72.8 Å². The lowest BCUT2D eigenvalue weighted by Crippen LogP contribution is -2.38. The SMILES string of the molecule is C=C(C)/C=c1/[nH]c(-c2ccc(C)c(C(=O)N3CCC(c4ccc(C#N)cc4)CC3)c2)n/c1=C/C. The summed E-state index contributed by atoms with van der Waals surface area (Å²) in [4.78, 5) is 23.5. The van der Waals surface area contributed by atoms with Gasteiger partial charge in [-0.15, -0.1) is 0 Å². The molecule has 1 aliphatic heterocycles. The number of carbonyl (C=O) groups excluding carboxylic acids is 1. The van der Waals surface area contributed by atoms with E-state index in [0.717, 1.165) is 64.7 Å². The number of piperidine rings is 1. The van der Waals surface area contributed by atoms with E-state index in [1.54, 1.807) is 0 Å². The van der Waals surface area contributed by atoms with Crippen molar-refractivity contribution in [1.29, 1.82) is 5.26 Å².